The van der Waals surface area contributed by atoms with Crippen molar-refractivity contribution in [3.8, 4) is 11.3 Å². The molecule has 31 heavy (non-hydrogen) atoms. The van der Waals surface area contributed by atoms with Gasteiger partial charge in [-0.25, -0.2) is 0 Å². The minimum Gasteiger partial charge on any atom is -0.456 e. The molecule has 1 amide bonds. The number of hydrogen-bond acceptors (Lipinski definition) is 5. The number of thioether (sulfide) groups is 1. The Morgan fingerprint density at radius 1 is 1.26 bits per heavy atom. The first-order chi connectivity index (χ1) is 15.0. The predicted octanol–water partition coefficient (Wildman–Crippen LogP) is 5.88. The van der Waals surface area contributed by atoms with Gasteiger partial charge in [0.2, 0.25) is 0 Å². The summed E-state index contributed by atoms with van der Waals surface area (Å²) in [6.45, 7) is 0.604. The molecule has 4 nitrogen and oxygen atoms in total. The topological polar surface area (TPSA) is 59.5 Å². The summed E-state index contributed by atoms with van der Waals surface area (Å²) in [7, 11) is 0. The van der Waals surface area contributed by atoms with Crippen molar-refractivity contribution in [2.75, 3.05) is 6.54 Å². The highest BCUT2D eigenvalue weighted by Crippen LogP contribution is 2.49. The van der Waals surface area contributed by atoms with Gasteiger partial charge in [-0.1, -0.05) is 42.0 Å². The largest absolute Gasteiger partial charge is 0.456 e. The number of aryl methyl sites for hydroxylation is 1. The van der Waals surface area contributed by atoms with Crippen LogP contribution in [0.15, 0.2) is 39.7 Å². The van der Waals surface area contributed by atoms with E-state index in [9.17, 15) is 4.79 Å². The van der Waals surface area contributed by atoms with Crippen molar-refractivity contribution < 1.29 is 9.21 Å². The third-order valence-corrected chi connectivity index (χ3v) is 8.32. The molecule has 1 aliphatic heterocycles. The van der Waals surface area contributed by atoms with Gasteiger partial charge in [-0.2, -0.15) is 0 Å². The average molecular weight is 473 g/mol. The van der Waals surface area contributed by atoms with E-state index in [0.29, 0.717) is 32.5 Å². The van der Waals surface area contributed by atoms with E-state index < -0.39 is 0 Å². The van der Waals surface area contributed by atoms with Gasteiger partial charge in [0.1, 0.15) is 15.8 Å². The molecular weight excluding hydrogens is 448 g/mol. The number of benzene rings is 1. The second-order valence-corrected chi connectivity index (χ2v) is 10.8. The molecule has 0 radical (unpaired) electrons. The molecule has 162 valence electrons. The normalized spacial score (nSPS) is 26.6. The SMILES string of the molecule is NCCCc1cc(-c2ccc(Cl)cc2)oc1C=C1SC(=S)N(C2CC3CCC2C3)C1=O. The minimum atomic E-state index is 0.0294. The van der Waals surface area contributed by atoms with E-state index >= 15 is 0 Å². The van der Waals surface area contributed by atoms with Crippen molar-refractivity contribution in [2.24, 2.45) is 17.6 Å². The molecule has 2 N–H and O–H groups in total. The van der Waals surface area contributed by atoms with Crippen LogP contribution in [0.5, 0.6) is 0 Å². The number of nitrogens with zero attached hydrogens (tertiary/aromatic N) is 1. The molecule has 2 saturated carbocycles. The Kier molecular flexibility index (Phi) is 5.99. The summed E-state index contributed by atoms with van der Waals surface area (Å²) in [5.74, 6) is 2.87. The Morgan fingerprint density at radius 2 is 2.06 bits per heavy atom. The Labute approximate surface area is 197 Å². The van der Waals surface area contributed by atoms with Crippen LogP contribution in [-0.4, -0.2) is 27.7 Å². The summed E-state index contributed by atoms with van der Waals surface area (Å²) in [6.07, 6.45) is 8.38. The number of furan rings is 1. The maximum atomic E-state index is 13.3. The summed E-state index contributed by atoms with van der Waals surface area (Å²) >= 11 is 13.1. The highest BCUT2D eigenvalue weighted by Gasteiger charge is 2.48. The Balaban J connectivity index is 1.44. The zero-order valence-corrected chi connectivity index (χ0v) is 19.6. The summed E-state index contributed by atoms with van der Waals surface area (Å²) in [4.78, 5) is 15.8. The number of halogens is 1. The van der Waals surface area contributed by atoms with E-state index in [1.165, 1.54) is 31.0 Å². The molecule has 3 fully saturated rings. The predicted molar refractivity (Wildman–Crippen MR) is 131 cm³/mol. The highest BCUT2D eigenvalue weighted by molar-refractivity contribution is 8.26. The number of thiocarbonyl (C=S) groups is 1. The third-order valence-electron chi connectivity index (χ3n) is 6.74. The van der Waals surface area contributed by atoms with Crippen molar-refractivity contribution in [2.45, 2.75) is 44.6 Å². The Bertz CT molecular complexity index is 1050. The van der Waals surface area contributed by atoms with E-state index in [-0.39, 0.29) is 11.9 Å². The van der Waals surface area contributed by atoms with E-state index in [0.717, 1.165) is 42.1 Å². The van der Waals surface area contributed by atoms with Crippen molar-refractivity contribution in [1.29, 1.82) is 0 Å². The molecule has 2 bridgehead atoms. The first-order valence-corrected chi connectivity index (χ1v) is 12.5. The number of carbonyl (C=O) groups is 1. The monoisotopic (exact) mass is 472 g/mol. The second kappa shape index (κ2) is 8.74. The van der Waals surface area contributed by atoms with Crippen molar-refractivity contribution in [1.82, 2.24) is 4.90 Å². The van der Waals surface area contributed by atoms with Crippen LogP contribution in [0.25, 0.3) is 17.4 Å². The first kappa shape index (κ1) is 21.3. The van der Waals surface area contributed by atoms with E-state index in [1.54, 1.807) is 0 Å². The molecular formula is C24H25ClN2O2S2. The Morgan fingerprint density at radius 3 is 2.74 bits per heavy atom. The third kappa shape index (κ3) is 4.11. The molecule has 7 heteroatoms. The second-order valence-electron chi connectivity index (χ2n) is 8.69. The smallest absolute Gasteiger partial charge is 0.266 e. The summed E-state index contributed by atoms with van der Waals surface area (Å²) in [5.41, 5.74) is 7.75. The maximum Gasteiger partial charge on any atom is 0.266 e. The van der Waals surface area contributed by atoms with Crippen LogP contribution in [0.4, 0.5) is 0 Å². The van der Waals surface area contributed by atoms with Gasteiger partial charge in [-0.05, 0) is 86.4 Å². The lowest BCUT2D eigenvalue weighted by Gasteiger charge is -2.30. The summed E-state index contributed by atoms with van der Waals surface area (Å²) < 4.78 is 6.89. The van der Waals surface area contributed by atoms with Crippen LogP contribution in [0.1, 0.15) is 43.4 Å². The molecule has 1 saturated heterocycles. The molecule has 3 atom stereocenters. The van der Waals surface area contributed by atoms with Gasteiger partial charge in [-0.15, -0.1) is 0 Å². The number of carbonyl (C=O) groups excluding carboxylic acids is 1. The minimum absolute atomic E-state index is 0.0294. The number of fused-ring (bicyclic) bond motifs is 2. The van der Waals surface area contributed by atoms with Crippen molar-refractivity contribution >= 4 is 51.9 Å². The number of nitrogens with two attached hydrogens (primary N) is 1. The van der Waals surface area contributed by atoms with Gasteiger partial charge in [0.05, 0.1) is 4.91 Å². The Hall–Kier alpha value is -1.60. The van der Waals surface area contributed by atoms with Crippen molar-refractivity contribution in [3.05, 3.63) is 51.6 Å². The van der Waals surface area contributed by atoms with Gasteiger partial charge in [0.25, 0.3) is 5.91 Å². The number of hydrogen-bond donors (Lipinski definition) is 1. The first-order valence-electron chi connectivity index (χ1n) is 10.9. The van der Waals surface area contributed by atoms with E-state index in [1.807, 2.05) is 41.3 Å². The summed E-state index contributed by atoms with van der Waals surface area (Å²) in [5, 5.41) is 0.683. The molecule has 3 aliphatic rings. The van der Waals surface area contributed by atoms with Crippen LogP contribution in [0, 0.1) is 11.8 Å². The standard InChI is InChI=1S/C24H25ClN2O2S2/c25-18-7-5-15(6-8-18)20-12-17(2-1-9-26)21(29-20)13-22-23(28)27(24(30)31-22)19-11-14-3-4-16(19)10-14/h5-8,12-14,16,19H,1-4,9-11,26H2. The molecule has 5 rings (SSSR count). The zero-order valence-electron chi connectivity index (χ0n) is 17.2. The van der Waals surface area contributed by atoms with Crippen LogP contribution in [0.3, 0.4) is 0 Å². The van der Waals surface area contributed by atoms with Gasteiger partial charge in [-0.3, -0.25) is 9.69 Å². The molecule has 2 aliphatic carbocycles. The van der Waals surface area contributed by atoms with Gasteiger partial charge in [0.15, 0.2) is 0 Å². The lowest BCUT2D eigenvalue weighted by atomic mass is 9.94. The lowest BCUT2D eigenvalue weighted by Crippen LogP contribution is -2.41. The van der Waals surface area contributed by atoms with Gasteiger partial charge >= 0.3 is 0 Å². The molecule has 2 aromatic rings. The maximum absolute atomic E-state index is 13.3. The molecule has 3 unspecified atom stereocenters. The average Bonchev–Trinajstić information content (AvgIpc) is 3.52. The van der Waals surface area contributed by atoms with Crippen molar-refractivity contribution in [3.63, 3.8) is 0 Å². The summed E-state index contributed by atoms with van der Waals surface area (Å²) in [6, 6.07) is 9.88. The fourth-order valence-electron chi connectivity index (χ4n) is 5.22. The van der Waals surface area contributed by atoms with E-state index in [2.05, 4.69) is 0 Å². The number of rotatable bonds is 6. The zero-order chi connectivity index (χ0) is 21.5. The van der Waals surface area contributed by atoms with Crippen LogP contribution >= 0.6 is 35.6 Å². The van der Waals surface area contributed by atoms with Gasteiger partial charge < -0.3 is 10.2 Å². The van der Waals surface area contributed by atoms with Gasteiger partial charge in [0, 0.05) is 22.7 Å². The van der Waals surface area contributed by atoms with Crippen LogP contribution in [-0.2, 0) is 11.2 Å². The quantitative estimate of drug-likeness (QED) is 0.420. The van der Waals surface area contributed by atoms with Crippen LogP contribution < -0.4 is 5.73 Å². The van der Waals surface area contributed by atoms with Crippen LogP contribution in [0.2, 0.25) is 5.02 Å². The molecule has 0 spiro atoms. The molecule has 2 heterocycles. The fourth-order valence-corrected chi connectivity index (χ4v) is 6.69. The lowest BCUT2D eigenvalue weighted by molar-refractivity contribution is -0.124. The highest BCUT2D eigenvalue weighted by atomic mass is 35.5. The number of amides is 1. The molecule has 1 aromatic carbocycles. The fraction of sp³-hybridized carbons (Fsp3) is 0.417. The van der Waals surface area contributed by atoms with E-state index in [4.69, 9.17) is 34.0 Å². The molecule has 1 aromatic heterocycles.